The number of aryl methyl sites for hydroxylation is 2. The third-order valence-corrected chi connectivity index (χ3v) is 7.72. The minimum atomic E-state index is -0.309. The zero-order valence-corrected chi connectivity index (χ0v) is 22.4. The summed E-state index contributed by atoms with van der Waals surface area (Å²) >= 11 is 1.61. The summed E-state index contributed by atoms with van der Waals surface area (Å²) in [6, 6.07) is 15.6. The van der Waals surface area contributed by atoms with E-state index >= 15 is 0 Å². The van der Waals surface area contributed by atoms with Gasteiger partial charge in [-0.3, -0.25) is 4.79 Å². The second-order valence-electron chi connectivity index (χ2n) is 9.67. The molecule has 0 aliphatic carbocycles. The van der Waals surface area contributed by atoms with Gasteiger partial charge >= 0.3 is 6.03 Å². The number of urea groups is 1. The van der Waals surface area contributed by atoms with Gasteiger partial charge in [-0.2, -0.15) is 0 Å². The lowest BCUT2D eigenvalue weighted by Crippen LogP contribution is -2.46. The second kappa shape index (κ2) is 12.8. The maximum absolute atomic E-state index is 13.7. The van der Waals surface area contributed by atoms with Crippen LogP contribution in [-0.4, -0.2) is 59.4 Å². The fourth-order valence-electron chi connectivity index (χ4n) is 4.49. The van der Waals surface area contributed by atoms with E-state index in [1.807, 2.05) is 49.6 Å². The SMILES string of the molecule is Cc1cccc(NC(=O)N(CCN2CCCC2)CC(=O)N(Cc2ccc(F)cc2)Cc2sccc2C)c1. The van der Waals surface area contributed by atoms with Crippen LogP contribution in [0, 0.1) is 19.7 Å². The van der Waals surface area contributed by atoms with Crippen molar-refractivity contribution in [3.63, 3.8) is 0 Å². The maximum atomic E-state index is 13.7. The van der Waals surface area contributed by atoms with E-state index in [9.17, 15) is 14.0 Å². The van der Waals surface area contributed by atoms with Gasteiger partial charge in [-0.1, -0.05) is 24.3 Å². The smallest absolute Gasteiger partial charge is 0.322 e. The number of hydrogen-bond acceptors (Lipinski definition) is 4. The molecule has 1 saturated heterocycles. The minimum Gasteiger partial charge on any atom is -0.332 e. The first kappa shape index (κ1) is 26.8. The fraction of sp³-hybridized carbons (Fsp3) is 0.379. The molecule has 0 spiro atoms. The molecule has 1 N–H and O–H groups in total. The van der Waals surface area contributed by atoms with Gasteiger partial charge in [0.2, 0.25) is 5.91 Å². The number of nitrogens with zero attached hydrogens (tertiary/aromatic N) is 3. The van der Waals surface area contributed by atoms with Gasteiger partial charge in [0, 0.05) is 30.2 Å². The molecule has 0 radical (unpaired) electrons. The standard InChI is InChI=1S/C29H35FN4O2S/c1-22-6-5-7-26(18-22)31-29(36)33(16-15-32-13-3-4-14-32)21-28(35)34(20-27-23(2)12-17-37-27)19-24-8-10-25(30)11-9-24/h5-12,17-18H,3-4,13-16,19-21H2,1-2H3,(H,31,36). The maximum Gasteiger partial charge on any atom is 0.322 e. The molecular formula is C29H35FN4O2S. The number of amides is 3. The molecule has 196 valence electrons. The summed E-state index contributed by atoms with van der Waals surface area (Å²) < 4.78 is 13.5. The number of carbonyl (C=O) groups excluding carboxylic acids is 2. The van der Waals surface area contributed by atoms with E-state index < -0.39 is 0 Å². The van der Waals surface area contributed by atoms with E-state index in [2.05, 4.69) is 10.2 Å². The van der Waals surface area contributed by atoms with Crippen LogP contribution < -0.4 is 5.32 Å². The van der Waals surface area contributed by atoms with E-state index in [-0.39, 0.29) is 24.3 Å². The van der Waals surface area contributed by atoms with Crippen molar-refractivity contribution in [1.82, 2.24) is 14.7 Å². The topological polar surface area (TPSA) is 55.9 Å². The number of anilines is 1. The number of nitrogens with one attached hydrogen (secondary N) is 1. The summed E-state index contributed by atoms with van der Waals surface area (Å²) in [5.74, 6) is -0.449. The van der Waals surface area contributed by atoms with E-state index in [1.165, 1.54) is 25.0 Å². The number of carbonyl (C=O) groups is 2. The number of halogens is 1. The van der Waals surface area contributed by atoms with Gasteiger partial charge in [-0.25, -0.2) is 9.18 Å². The Kier molecular flexibility index (Phi) is 9.30. The van der Waals surface area contributed by atoms with Crippen LogP contribution >= 0.6 is 11.3 Å². The zero-order chi connectivity index (χ0) is 26.2. The van der Waals surface area contributed by atoms with Gasteiger partial charge in [0.25, 0.3) is 0 Å². The summed E-state index contributed by atoms with van der Waals surface area (Å²) in [5.41, 5.74) is 3.73. The molecule has 1 aromatic heterocycles. The molecule has 0 bridgehead atoms. The van der Waals surface area contributed by atoms with Crippen molar-refractivity contribution < 1.29 is 14.0 Å². The molecule has 3 aromatic rings. The van der Waals surface area contributed by atoms with Crippen molar-refractivity contribution in [3.8, 4) is 0 Å². The van der Waals surface area contributed by atoms with Gasteiger partial charge in [-0.15, -0.1) is 11.3 Å². The Morgan fingerprint density at radius 2 is 1.76 bits per heavy atom. The first-order valence-electron chi connectivity index (χ1n) is 12.8. The lowest BCUT2D eigenvalue weighted by Gasteiger charge is -2.29. The highest BCUT2D eigenvalue weighted by Gasteiger charge is 2.24. The van der Waals surface area contributed by atoms with E-state index in [1.54, 1.807) is 33.3 Å². The Morgan fingerprint density at radius 3 is 2.43 bits per heavy atom. The first-order chi connectivity index (χ1) is 17.9. The van der Waals surface area contributed by atoms with Crippen LogP contribution in [0.4, 0.5) is 14.9 Å². The molecule has 37 heavy (non-hydrogen) atoms. The summed E-state index contributed by atoms with van der Waals surface area (Å²) in [4.78, 5) is 33.8. The van der Waals surface area contributed by atoms with Crippen molar-refractivity contribution in [2.24, 2.45) is 0 Å². The Morgan fingerprint density at radius 1 is 1.00 bits per heavy atom. The fourth-order valence-corrected chi connectivity index (χ4v) is 5.41. The predicted octanol–water partition coefficient (Wildman–Crippen LogP) is 5.66. The Bertz CT molecular complexity index is 1190. The van der Waals surface area contributed by atoms with Crippen LogP contribution in [0.5, 0.6) is 0 Å². The largest absolute Gasteiger partial charge is 0.332 e. The lowest BCUT2D eigenvalue weighted by molar-refractivity contribution is -0.133. The molecule has 0 saturated carbocycles. The van der Waals surface area contributed by atoms with Gasteiger partial charge in [0.05, 0.1) is 6.54 Å². The van der Waals surface area contributed by atoms with Crippen LogP contribution in [0.1, 0.15) is 34.4 Å². The summed E-state index contributed by atoms with van der Waals surface area (Å²) in [5, 5.41) is 4.99. The van der Waals surface area contributed by atoms with Gasteiger partial charge in [0.1, 0.15) is 12.4 Å². The van der Waals surface area contributed by atoms with Crippen LogP contribution in [-0.2, 0) is 17.9 Å². The number of likely N-dealkylation sites (tertiary alicyclic amines) is 1. The molecule has 8 heteroatoms. The highest BCUT2D eigenvalue weighted by atomic mass is 32.1. The van der Waals surface area contributed by atoms with Crippen LogP contribution in [0.15, 0.2) is 60.0 Å². The van der Waals surface area contributed by atoms with Crippen molar-refractivity contribution in [2.45, 2.75) is 39.8 Å². The number of hydrogen-bond donors (Lipinski definition) is 1. The molecule has 1 fully saturated rings. The van der Waals surface area contributed by atoms with E-state index in [0.717, 1.165) is 41.2 Å². The average Bonchev–Trinajstić information content (AvgIpc) is 3.54. The predicted molar refractivity (Wildman–Crippen MR) is 147 cm³/mol. The third kappa shape index (κ3) is 7.87. The molecule has 2 aromatic carbocycles. The first-order valence-corrected chi connectivity index (χ1v) is 13.7. The molecule has 3 amide bonds. The lowest BCUT2D eigenvalue weighted by atomic mass is 10.2. The molecule has 0 unspecified atom stereocenters. The monoisotopic (exact) mass is 522 g/mol. The summed E-state index contributed by atoms with van der Waals surface area (Å²) in [7, 11) is 0. The minimum absolute atomic E-state index is 0.0306. The molecular weight excluding hydrogens is 487 g/mol. The van der Waals surface area contributed by atoms with Crippen molar-refractivity contribution in [1.29, 1.82) is 0 Å². The van der Waals surface area contributed by atoms with Crippen LogP contribution in [0.25, 0.3) is 0 Å². The quantitative estimate of drug-likeness (QED) is 0.374. The van der Waals surface area contributed by atoms with Crippen LogP contribution in [0.3, 0.4) is 0 Å². The van der Waals surface area contributed by atoms with E-state index in [0.29, 0.717) is 25.3 Å². The number of rotatable bonds is 10. The molecule has 6 nitrogen and oxygen atoms in total. The average molecular weight is 523 g/mol. The summed E-state index contributed by atoms with van der Waals surface area (Å²) in [6.07, 6.45) is 2.33. The second-order valence-corrected chi connectivity index (χ2v) is 10.7. The van der Waals surface area contributed by atoms with Gasteiger partial charge < -0.3 is 20.0 Å². The third-order valence-electron chi connectivity index (χ3n) is 6.71. The van der Waals surface area contributed by atoms with Crippen LogP contribution in [0.2, 0.25) is 0 Å². The highest BCUT2D eigenvalue weighted by molar-refractivity contribution is 7.10. The Hall–Kier alpha value is -3.23. The van der Waals surface area contributed by atoms with Gasteiger partial charge in [0.15, 0.2) is 0 Å². The zero-order valence-electron chi connectivity index (χ0n) is 21.6. The van der Waals surface area contributed by atoms with Gasteiger partial charge in [-0.05, 0) is 92.2 Å². The van der Waals surface area contributed by atoms with Crippen molar-refractivity contribution >= 4 is 29.0 Å². The number of thiophene rings is 1. The molecule has 2 heterocycles. The number of benzene rings is 2. The molecule has 4 rings (SSSR count). The Labute approximate surface area is 222 Å². The van der Waals surface area contributed by atoms with Crippen molar-refractivity contribution in [2.75, 3.05) is 38.0 Å². The molecule has 1 aliphatic heterocycles. The highest BCUT2D eigenvalue weighted by Crippen LogP contribution is 2.20. The molecule has 1 aliphatic rings. The van der Waals surface area contributed by atoms with Crippen molar-refractivity contribution in [3.05, 3.63) is 87.4 Å². The van der Waals surface area contributed by atoms with E-state index in [4.69, 9.17) is 0 Å². The Balaban J connectivity index is 1.51. The molecule has 0 atom stereocenters. The summed E-state index contributed by atoms with van der Waals surface area (Å²) in [6.45, 7) is 8.01. The normalized spacial score (nSPS) is 13.5.